The van der Waals surface area contributed by atoms with Crippen LogP contribution in [0.1, 0.15) is 10.4 Å². The fourth-order valence-corrected chi connectivity index (χ4v) is 1.30. The highest BCUT2D eigenvalue weighted by atomic mass is 79.9. The fourth-order valence-electron chi connectivity index (χ4n) is 0.842. The van der Waals surface area contributed by atoms with Crippen molar-refractivity contribution in [2.24, 2.45) is 0 Å². The van der Waals surface area contributed by atoms with E-state index >= 15 is 0 Å². The molecule has 0 amide bonds. The van der Waals surface area contributed by atoms with Gasteiger partial charge in [-0.3, -0.25) is 4.79 Å². The largest absolute Gasteiger partial charge is 0.573 e. The van der Waals surface area contributed by atoms with Crippen molar-refractivity contribution in [3.8, 4) is 5.75 Å². The van der Waals surface area contributed by atoms with Crippen molar-refractivity contribution in [2.45, 2.75) is 6.36 Å². The van der Waals surface area contributed by atoms with E-state index in [0.29, 0.717) is 6.29 Å². The van der Waals surface area contributed by atoms with Gasteiger partial charge < -0.3 is 4.74 Å². The summed E-state index contributed by atoms with van der Waals surface area (Å²) < 4.78 is 39.4. The lowest BCUT2D eigenvalue weighted by Crippen LogP contribution is -2.18. The maximum Gasteiger partial charge on any atom is 0.573 e. The van der Waals surface area contributed by atoms with Crippen molar-refractivity contribution in [3.63, 3.8) is 0 Å². The van der Waals surface area contributed by atoms with Crippen molar-refractivity contribution >= 4 is 22.2 Å². The van der Waals surface area contributed by atoms with Gasteiger partial charge in [-0.2, -0.15) is 0 Å². The smallest absolute Gasteiger partial charge is 0.404 e. The van der Waals surface area contributed by atoms with Gasteiger partial charge in [-0.15, -0.1) is 13.2 Å². The molecule has 0 saturated carbocycles. The summed E-state index contributed by atoms with van der Waals surface area (Å²) in [4.78, 5) is 10.4. The van der Waals surface area contributed by atoms with Crippen molar-refractivity contribution in [3.05, 3.63) is 28.2 Å². The van der Waals surface area contributed by atoms with Crippen LogP contribution in [-0.4, -0.2) is 12.6 Å². The molecule has 0 heterocycles. The summed E-state index contributed by atoms with van der Waals surface area (Å²) in [6.45, 7) is 0. The summed E-state index contributed by atoms with van der Waals surface area (Å²) in [5.74, 6) is -0.519. The summed E-state index contributed by atoms with van der Waals surface area (Å²) >= 11 is 2.86. The first kappa shape index (κ1) is 11.0. The predicted octanol–water partition coefficient (Wildman–Crippen LogP) is 3.16. The number of benzene rings is 1. The van der Waals surface area contributed by atoms with Crippen LogP contribution in [0.4, 0.5) is 13.2 Å². The molecule has 6 heteroatoms. The van der Waals surface area contributed by atoms with E-state index in [1.54, 1.807) is 0 Å². The van der Waals surface area contributed by atoms with Gasteiger partial charge in [0.1, 0.15) is 0 Å². The van der Waals surface area contributed by atoms with E-state index in [0.717, 1.165) is 0 Å². The first-order valence-electron chi connectivity index (χ1n) is 3.43. The van der Waals surface area contributed by atoms with Crippen LogP contribution in [0, 0.1) is 0 Å². The number of hydrogen-bond acceptors (Lipinski definition) is 2. The van der Waals surface area contributed by atoms with E-state index in [-0.39, 0.29) is 10.0 Å². The zero-order valence-corrected chi connectivity index (χ0v) is 8.22. The zero-order chi connectivity index (χ0) is 10.8. The summed E-state index contributed by atoms with van der Waals surface area (Å²) in [6, 6.07) is 4.03. The Morgan fingerprint density at radius 3 is 2.50 bits per heavy atom. The number of aldehydes is 1. The molecule has 2 nitrogen and oxygen atoms in total. The highest BCUT2D eigenvalue weighted by molar-refractivity contribution is 9.10. The van der Waals surface area contributed by atoms with Gasteiger partial charge in [0.25, 0.3) is 0 Å². The number of ether oxygens (including phenoxy) is 1. The van der Waals surface area contributed by atoms with Gasteiger partial charge in [-0.1, -0.05) is 6.07 Å². The van der Waals surface area contributed by atoms with Gasteiger partial charge in [0.2, 0.25) is 0 Å². The number of hydrogen-bond donors (Lipinski definition) is 0. The average molecular weight is 269 g/mol. The van der Waals surface area contributed by atoms with Gasteiger partial charge in [0.15, 0.2) is 12.0 Å². The fraction of sp³-hybridized carbons (Fsp3) is 0.125. The number of rotatable bonds is 2. The van der Waals surface area contributed by atoms with E-state index in [1.165, 1.54) is 18.2 Å². The first-order valence-corrected chi connectivity index (χ1v) is 4.23. The maximum absolute atomic E-state index is 11.9. The summed E-state index contributed by atoms with van der Waals surface area (Å²) in [5.41, 5.74) is -0.156. The quantitative estimate of drug-likeness (QED) is 0.771. The molecule has 0 bridgehead atoms. The molecule has 76 valence electrons. The molecule has 0 fully saturated rings. The van der Waals surface area contributed by atoms with Crippen LogP contribution >= 0.6 is 15.9 Å². The van der Waals surface area contributed by atoms with Crippen LogP contribution < -0.4 is 4.74 Å². The van der Waals surface area contributed by atoms with Gasteiger partial charge in [0.05, 0.1) is 10.0 Å². The second-order valence-electron chi connectivity index (χ2n) is 2.32. The molecule has 0 unspecified atom stereocenters. The molecule has 0 spiro atoms. The number of carbonyl (C=O) groups is 1. The second-order valence-corrected chi connectivity index (χ2v) is 3.18. The highest BCUT2D eigenvalue weighted by Gasteiger charge is 2.32. The minimum absolute atomic E-state index is 0.0828. The number of carbonyl (C=O) groups excluding carboxylic acids is 1. The number of alkyl halides is 3. The van der Waals surface area contributed by atoms with Gasteiger partial charge in [-0.25, -0.2) is 0 Å². The van der Waals surface area contributed by atoms with E-state index in [1.807, 2.05) is 0 Å². The Kier molecular flexibility index (Phi) is 3.15. The molecule has 1 aromatic carbocycles. The molecule has 0 aliphatic heterocycles. The molecular formula is C8H4BrF3O2. The van der Waals surface area contributed by atoms with Gasteiger partial charge in [0, 0.05) is 0 Å². The predicted molar refractivity (Wildman–Crippen MR) is 46.2 cm³/mol. The molecular weight excluding hydrogens is 265 g/mol. The number of halogens is 4. The topological polar surface area (TPSA) is 26.3 Å². The van der Waals surface area contributed by atoms with Crippen molar-refractivity contribution in [1.82, 2.24) is 0 Å². The highest BCUT2D eigenvalue weighted by Crippen LogP contribution is 2.32. The minimum Gasteiger partial charge on any atom is -0.404 e. The van der Waals surface area contributed by atoms with Crippen molar-refractivity contribution in [2.75, 3.05) is 0 Å². The van der Waals surface area contributed by atoms with E-state index in [2.05, 4.69) is 20.7 Å². The lowest BCUT2D eigenvalue weighted by Gasteiger charge is -2.11. The molecule has 0 saturated heterocycles. The van der Waals surface area contributed by atoms with E-state index in [9.17, 15) is 18.0 Å². The summed E-state index contributed by atoms with van der Waals surface area (Å²) in [6.07, 6.45) is -4.51. The zero-order valence-electron chi connectivity index (χ0n) is 6.64. The van der Waals surface area contributed by atoms with Crippen LogP contribution in [0.25, 0.3) is 0 Å². The van der Waals surface area contributed by atoms with Crippen LogP contribution in [0.2, 0.25) is 0 Å². The third-order valence-corrected chi connectivity index (χ3v) is 1.97. The molecule has 0 aromatic heterocycles. The van der Waals surface area contributed by atoms with Crippen LogP contribution in [-0.2, 0) is 0 Å². The van der Waals surface area contributed by atoms with Crippen LogP contribution in [0.3, 0.4) is 0 Å². The lowest BCUT2D eigenvalue weighted by atomic mass is 10.2. The molecule has 0 N–H and O–H groups in total. The summed E-state index contributed by atoms with van der Waals surface area (Å²) in [7, 11) is 0. The molecule has 0 radical (unpaired) electrons. The van der Waals surface area contributed by atoms with Crippen LogP contribution in [0.15, 0.2) is 22.7 Å². The Morgan fingerprint density at radius 2 is 2.00 bits per heavy atom. The molecule has 0 aliphatic rings. The second kappa shape index (κ2) is 4.00. The molecule has 1 rings (SSSR count). The monoisotopic (exact) mass is 268 g/mol. The molecule has 14 heavy (non-hydrogen) atoms. The number of para-hydroxylation sites is 1. The maximum atomic E-state index is 11.9. The minimum atomic E-state index is -4.80. The first-order chi connectivity index (χ1) is 6.44. The third-order valence-electron chi connectivity index (χ3n) is 1.34. The Labute approximate surface area is 85.8 Å². The normalized spacial score (nSPS) is 11.1. The third kappa shape index (κ3) is 2.73. The van der Waals surface area contributed by atoms with Gasteiger partial charge in [-0.05, 0) is 28.1 Å². The summed E-state index contributed by atoms with van der Waals surface area (Å²) in [5, 5.41) is 0. The van der Waals surface area contributed by atoms with Crippen LogP contribution in [0.5, 0.6) is 5.75 Å². The van der Waals surface area contributed by atoms with E-state index in [4.69, 9.17) is 0 Å². The lowest BCUT2D eigenvalue weighted by molar-refractivity contribution is -0.275. The van der Waals surface area contributed by atoms with Gasteiger partial charge >= 0.3 is 6.36 Å². The Balaban J connectivity index is 3.11. The molecule has 0 aliphatic carbocycles. The standard InChI is InChI=1S/C8H4BrF3O2/c9-6-3-1-2-5(4-13)7(6)14-8(10,11)12/h1-4H. The van der Waals surface area contributed by atoms with E-state index < -0.39 is 12.1 Å². The SMILES string of the molecule is O=Cc1cccc(Br)c1OC(F)(F)F. The Hall–Kier alpha value is -1.04. The Morgan fingerprint density at radius 1 is 1.36 bits per heavy atom. The molecule has 1 aromatic rings. The Bertz CT molecular complexity index is 349. The van der Waals surface area contributed by atoms with Crippen molar-refractivity contribution in [1.29, 1.82) is 0 Å². The molecule has 0 atom stereocenters. The van der Waals surface area contributed by atoms with Crippen molar-refractivity contribution < 1.29 is 22.7 Å². The average Bonchev–Trinajstić information content (AvgIpc) is 2.06.